The van der Waals surface area contributed by atoms with Gasteiger partial charge in [-0.05, 0) is 37.0 Å². The summed E-state index contributed by atoms with van der Waals surface area (Å²) in [6.45, 7) is 1.89. The van der Waals surface area contributed by atoms with Gasteiger partial charge in [0.05, 0.1) is 5.41 Å². The molecule has 1 heterocycles. The van der Waals surface area contributed by atoms with Crippen LogP contribution in [0.5, 0.6) is 0 Å². The molecule has 128 valence electrons. The van der Waals surface area contributed by atoms with Crippen LogP contribution in [0.3, 0.4) is 0 Å². The van der Waals surface area contributed by atoms with E-state index in [4.69, 9.17) is 0 Å². The molecular formula is C17H19N2NaO5. The van der Waals surface area contributed by atoms with Crippen LogP contribution in [-0.2, 0) is 24.6 Å². The molecule has 0 aliphatic carbocycles. The fourth-order valence-corrected chi connectivity index (χ4v) is 2.88. The molecule has 2 rings (SSSR count). The van der Waals surface area contributed by atoms with Crippen molar-refractivity contribution in [3.8, 4) is 0 Å². The number of imide groups is 1. The fraction of sp³-hybridized carbons (Fsp3) is 0.412. The number of carboxylic acid groups (broad SMARTS) is 1. The number of benzene rings is 1. The van der Waals surface area contributed by atoms with E-state index >= 15 is 0 Å². The van der Waals surface area contributed by atoms with Gasteiger partial charge in [0.25, 0.3) is 0 Å². The predicted molar refractivity (Wildman–Crippen MR) is 83.7 cm³/mol. The first-order valence-corrected chi connectivity index (χ1v) is 7.82. The summed E-state index contributed by atoms with van der Waals surface area (Å²) in [4.78, 5) is 45.6. The van der Waals surface area contributed by atoms with Crippen molar-refractivity contribution >= 4 is 29.4 Å². The minimum atomic E-state index is -1.27. The summed E-state index contributed by atoms with van der Waals surface area (Å²) in [7, 11) is 0. The van der Waals surface area contributed by atoms with Crippen molar-refractivity contribution < 1.29 is 53.8 Å². The monoisotopic (exact) mass is 354 g/mol. The molecule has 8 heteroatoms. The number of anilines is 1. The summed E-state index contributed by atoms with van der Waals surface area (Å²) in [6.07, 6.45) is 0.806. The van der Waals surface area contributed by atoms with Crippen molar-refractivity contribution in [1.29, 1.82) is 0 Å². The topological polar surface area (TPSA) is 115 Å². The number of piperidine rings is 1. The molecule has 1 atom stereocenters. The Bertz CT molecular complexity index is 674. The molecule has 0 saturated carbocycles. The number of aliphatic carboxylic acids is 1. The Balaban J connectivity index is 0.00000312. The molecule has 3 amide bonds. The second-order valence-electron chi connectivity index (χ2n) is 5.81. The van der Waals surface area contributed by atoms with Crippen molar-refractivity contribution in [3.63, 3.8) is 0 Å². The number of nitrogens with one attached hydrogen (secondary N) is 2. The van der Waals surface area contributed by atoms with Crippen LogP contribution in [0.1, 0.15) is 44.6 Å². The summed E-state index contributed by atoms with van der Waals surface area (Å²) in [6, 6.07) is 6.81. The zero-order valence-corrected chi connectivity index (χ0v) is 16.4. The molecule has 0 aromatic heterocycles. The van der Waals surface area contributed by atoms with Crippen molar-refractivity contribution in [1.82, 2.24) is 5.32 Å². The maximum atomic E-state index is 12.3. The van der Waals surface area contributed by atoms with Crippen LogP contribution in [0.4, 0.5) is 5.69 Å². The number of rotatable bonds is 6. The molecule has 1 aromatic rings. The zero-order chi connectivity index (χ0) is 17.7. The Kier molecular flexibility index (Phi) is 7.79. The molecule has 1 fully saturated rings. The summed E-state index contributed by atoms with van der Waals surface area (Å²) < 4.78 is 0. The molecule has 1 saturated heterocycles. The standard InChI is InChI=1S/C17H20N2O5.Na/c1-2-17(10-9-14(21)19-16(17)24)11-3-5-12(6-4-11)18-13(20)7-8-15(22)23;/h3-6H,2,7-10H2,1H3,(H,18,20)(H,22,23)(H,19,21,24);/q;+1/p-1. The first kappa shape index (κ1) is 21.3. The molecule has 2 N–H and O–H groups in total. The molecule has 25 heavy (non-hydrogen) atoms. The summed E-state index contributed by atoms with van der Waals surface area (Å²) >= 11 is 0. The van der Waals surface area contributed by atoms with Crippen molar-refractivity contribution in [2.75, 3.05) is 5.32 Å². The van der Waals surface area contributed by atoms with Gasteiger partial charge in [0.15, 0.2) is 0 Å². The summed E-state index contributed by atoms with van der Waals surface area (Å²) in [5.74, 6) is -2.26. The van der Waals surface area contributed by atoms with Crippen LogP contribution >= 0.6 is 0 Å². The van der Waals surface area contributed by atoms with E-state index < -0.39 is 17.3 Å². The molecule has 0 bridgehead atoms. The summed E-state index contributed by atoms with van der Waals surface area (Å²) in [5, 5.41) is 15.3. The first-order chi connectivity index (χ1) is 11.4. The van der Waals surface area contributed by atoms with Gasteiger partial charge in [-0.15, -0.1) is 0 Å². The van der Waals surface area contributed by atoms with Crippen LogP contribution < -0.4 is 45.3 Å². The van der Waals surface area contributed by atoms with Crippen molar-refractivity contribution in [2.45, 2.75) is 44.4 Å². The first-order valence-electron chi connectivity index (χ1n) is 7.82. The number of carbonyl (C=O) groups is 4. The molecular weight excluding hydrogens is 335 g/mol. The smallest absolute Gasteiger partial charge is 0.550 e. The minimum absolute atomic E-state index is 0. The SMILES string of the molecule is CCC1(c2ccc(NC(=O)CCC(=O)[O-])cc2)CCC(=O)NC1=O.[Na+]. The molecule has 7 nitrogen and oxygen atoms in total. The van der Waals surface area contributed by atoms with Gasteiger partial charge in [0.1, 0.15) is 0 Å². The van der Waals surface area contributed by atoms with Crippen LogP contribution in [0.2, 0.25) is 0 Å². The van der Waals surface area contributed by atoms with Crippen molar-refractivity contribution in [2.24, 2.45) is 0 Å². The van der Waals surface area contributed by atoms with Crippen LogP contribution in [0.25, 0.3) is 0 Å². The molecule has 0 spiro atoms. The van der Waals surface area contributed by atoms with Gasteiger partial charge >= 0.3 is 29.6 Å². The van der Waals surface area contributed by atoms with E-state index in [9.17, 15) is 24.3 Å². The number of hydrogen-bond acceptors (Lipinski definition) is 5. The zero-order valence-electron chi connectivity index (χ0n) is 14.4. The number of carboxylic acids is 1. The number of hydrogen-bond donors (Lipinski definition) is 2. The van der Waals surface area contributed by atoms with E-state index in [1.165, 1.54) is 0 Å². The molecule has 0 radical (unpaired) electrons. The van der Waals surface area contributed by atoms with E-state index in [1.807, 2.05) is 6.92 Å². The fourth-order valence-electron chi connectivity index (χ4n) is 2.88. The molecule has 1 aliphatic heterocycles. The van der Waals surface area contributed by atoms with Gasteiger partial charge in [-0.25, -0.2) is 0 Å². The van der Waals surface area contributed by atoms with Crippen LogP contribution in [0.15, 0.2) is 24.3 Å². The van der Waals surface area contributed by atoms with Crippen LogP contribution in [-0.4, -0.2) is 23.7 Å². The van der Waals surface area contributed by atoms with Gasteiger partial charge in [-0.1, -0.05) is 19.1 Å². The van der Waals surface area contributed by atoms with Crippen LogP contribution in [0, 0.1) is 0 Å². The second-order valence-corrected chi connectivity index (χ2v) is 5.81. The van der Waals surface area contributed by atoms with Gasteiger partial charge in [-0.3, -0.25) is 19.7 Å². The quantitative estimate of drug-likeness (QED) is 0.424. The third-order valence-electron chi connectivity index (χ3n) is 4.35. The van der Waals surface area contributed by atoms with E-state index in [0.29, 0.717) is 24.9 Å². The Hall–Kier alpha value is -1.70. The summed E-state index contributed by atoms with van der Waals surface area (Å²) in [5.41, 5.74) is 0.550. The van der Waals surface area contributed by atoms with E-state index in [2.05, 4.69) is 10.6 Å². The second kappa shape index (κ2) is 9.12. The van der Waals surface area contributed by atoms with Gasteiger partial charge < -0.3 is 15.2 Å². The Morgan fingerprint density at radius 2 is 1.84 bits per heavy atom. The van der Waals surface area contributed by atoms with E-state index in [-0.39, 0.29) is 54.2 Å². The van der Waals surface area contributed by atoms with E-state index in [1.54, 1.807) is 24.3 Å². The van der Waals surface area contributed by atoms with E-state index in [0.717, 1.165) is 5.56 Å². The Morgan fingerprint density at radius 3 is 2.36 bits per heavy atom. The average Bonchev–Trinajstić information content (AvgIpc) is 2.54. The van der Waals surface area contributed by atoms with Gasteiger partial charge in [0, 0.05) is 24.5 Å². The molecule has 1 unspecified atom stereocenters. The molecule has 1 aromatic carbocycles. The predicted octanol–water partition coefficient (Wildman–Crippen LogP) is -2.76. The van der Waals surface area contributed by atoms with Gasteiger partial charge in [0.2, 0.25) is 17.7 Å². The Labute approximate surface area is 167 Å². The molecule has 1 aliphatic rings. The van der Waals surface area contributed by atoms with Gasteiger partial charge in [-0.2, -0.15) is 0 Å². The normalized spacial score (nSPS) is 19.6. The third-order valence-corrected chi connectivity index (χ3v) is 4.35. The maximum absolute atomic E-state index is 12.3. The largest absolute Gasteiger partial charge is 1.00 e. The maximum Gasteiger partial charge on any atom is 1.00 e. The minimum Gasteiger partial charge on any atom is -0.550 e. The van der Waals surface area contributed by atoms with Crippen molar-refractivity contribution in [3.05, 3.63) is 29.8 Å². The number of carbonyl (C=O) groups excluding carboxylic acids is 4. The average molecular weight is 354 g/mol. The Morgan fingerprint density at radius 1 is 1.20 bits per heavy atom. The third kappa shape index (κ3) is 5.14. The number of amides is 3.